The molecule has 1 fully saturated rings. The number of benzene rings is 1. The number of aliphatic imine (C=N–C) groups is 1. The molecule has 1 aromatic rings. The number of rotatable bonds is 9. The Labute approximate surface area is 199 Å². The lowest BCUT2D eigenvalue weighted by Gasteiger charge is -2.21. The molecule has 172 valence electrons. The SMILES string of the molecule is CCNC(=NCC(O)c1ccc(OC(C)C)cc1)NCCN1CCCN(C)CC1.I. The predicted octanol–water partition coefficient (Wildman–Crippen LogP) is 2.32. The minimum atomic E-state index is -0.639. The number of nitrogens with one attached hydrogen (secondary N) is 2. The summed E-state index contributed by atoms with van der Waals surface area (Å²) in [7, 11) is 2.19. The first-order valence-electron chi connectivity index (χ1n) is 10.9. The molecule has 0 aromatic heterocycles. The van der Waals surface area contributed by atoms with E-state index >= 15 is 0 Å². The Bertz CT molecular complexity index is 612. The van der Waals surface area contributed by atoms with Crippen LogP contribution in [0.3, 0.4) is 0 Å². The van der Waals surface area contributed by atoms with Crippen molar-refractivity contribution in [3.8, 4) is 5.75 Å². The first kappa shape index (κ1) is 26.9. The van der Waals surface area contributed by atoms with Crippen molar-refractivity contribution in [2.24, 2.45) is 4.99 Å². The van der Waals surface area contributed by atoms with Gasteiger partial charge in [0.15, 0.2) is 5.96 Å². The van der Waals surface area contributed by atoms with E-state index in [1.54, 1.807) is 0 Å². The summed E-state index contributed by atoms with van der Waals surface area (Å²) in [5.41, 5.74) is 0.842. The molecular formula is C22H40IN5O2. The Morgan fingerprint density at radius 1 is 1.13 bits per heavy atom. The van der Waals surface area contributed by atoms with Gasteiger partial charge in [0.25, 0.3) is 0 Å². The van der Waals surface area contributed by atoms with Crippen molar-refractivity contribution in [2.45, 2.75) is 39.4 Å². The van der Waals surface area contributed by atoms with E-state index < -0.39 is 6.10 Å². The van der Waals surface area contributed by atoms with Crippen LogP contribution in [-0.2, 0) is 0 Å². The number of halogens is 1. The van der Waals surface area contributed by atoms with Gasteiger partial charge in [-0.05, 0) is 65.0 Å². The fraction of sp³-hybridized carbons (Fsp3) is 0.682. The van der Waals surface area contributed by atoms with Crippen molar-refractivity contribution < 1.29 is 9.84 Å². The molecule has 0 bridgehead atoms. The highest BCUT2D eigenvalue weighted by Crippen LogP contribution is 2.19. The smallest absolute Gasteiger partial charge is 0.191 e. The molecule has 0 radical (unpaired) electrons. The Hall–Kier alpha value is -1.10. The van der Waals surface area contributed by atoms with Gasteiger partial charge in [0.2, 0.25) is 0 Å². The zero-order chi connectivity index (χ0) is 21.1. The molecule has 0 spiro atoms. The summed E-state index contributed by atoms with van der Waals surface area (Å²) in [5, 5.41) is 17.1. The lowest BCUT2D eigenvalue weighted by Crippen LogP contribution is -2.42. The highest BCUT2D eigenvalue weighted by Gasteiger charge is 2.12. The molecule has 1 aliphatic heterocycles. The summed E-state index contributed by atoms with van der Waals surface area (Å²) in [6.07, 6.45) is 0.719. The van der Waals surface area contributed by atoms with Crippen molar-refractivity contribution in [3.63, 3.8) is 0 Å². The molecule has 1 saturated heterocycles. The van der Waals surface area contributed by atoms with Gasteiger partial charge in [-0.15, -0.1) is 24.0 Å². The third kappa shape index (κ3) is 10.3. The molecule has 3 N–H and O–H groups in total. The third-order valence-corrected chi connectivity index (χ3v) is 4.94. The van der Waals surface area contributed by atoms with Crippen LogP contribution in [0.5, 0.6) is 5.75 Å². The standard InChI is InChI=1S/C22H39N5O2.HI/c1-5-23-22(24-11-14-27-13-6-12-26(4)15-16-27)25-17-21(28)19-7-9-20(10-8-19)29-18(2)3;/h7-10,18,21,28H,5-6,11-17H2,1-4H3,(H2,23,24,25);1H. The van der Waals surface area contributed by atoms with E-state index in [9.17, 15) is 5.11 Å². The molecule has 0 amide bonds. The van der Waals surface area contributed by atoms with Gasteiger partial charge in [-0.2, -0.15) is 0 Å². The van der Waals surface area contributed by atoms with Crippen molar-refractivity contribution in [1.29, 1.82) is 0 Å². The Morgan fingerprint density at radius 2 is 1.87 bits per heavy atom. The third-order valence-electron chi connectivity index (χ3n) is 4.94. The first-order chi connectivity index (χ1) is 14.0. The first-order valence-corrected chi connectivity index (χ1v) is 10.9. The number of hydrogen-bond acceptors (Lipinski definition) is 5. The zero-order valence-electron chi connectivity index (χ0n) is 18.9. The van der Waals surface area contributed by atoms with Gasteiger partial charge in [0, 0.05) is 32.7 Å². The summed E-state index contributed by atoms with van der Waals surface area (Å²) >= 11 is 0. The fourth-order valence-electron chi connectivity index (χ4n) is 3.32. The van der Waals surface area contributed by atoms with Crippen molar-refractivity contribution >= 4 is 29.9 Å². The lowest BCUT2D eigenvalue weighted by molar-refractivity contribution is 0.186. The molecule has 1 aromatic carbocycles. The molecule has 30 heavy (non-hydrogen) atoms. The van der Waals surface area contributed by atoms with Crippen LogP contribution in [0, 0.1) is 0 Å². The predicted molar refractivity (Wildman–Crippen MR) is 135 cm³/mol. The van der Waals surface area contributed by atoms with Crippen molar-refractivity contribution in [1.82, 2.24) is 20.4 Å². The molecule has 0 aliphatic carbocycles. The number of hydrogen-bond donors (Lipinski definition) is 3. The average molecular weight is 533 g/mol. The summed E-state index contributed by atoms with van der Waals surface area (Å²) in [6, 6.07) is 7.58. The number of aliphatic hydroxyl groups excluding tert-OH is 1. The summed E-state index contributed by atoms with van der Waals surface area (Å²) in [6.45, 7) is 13.5. The van der Waals surface area contributed by atoms with Gasteiger partial charge in [-0.1, -0.05) is 12.1 Å². The molecule has 0 saturated carbocycles. The molecule has 1 heterocycles. The Balaban J connectivity index is 0.00000450. The van der Waals surface area contributed by atoms with E-state index in [1.807, 2.05) is 45.0 Å². The zero-order valence-corrected chi connectivity index (χ0v) is 21.3. The van der Waals surface area contributed by atoms with Gasteiger partial charge in [0.1, 0.15) is 5.75 Å². The maximum atomic E-state index is 10.5. The highest BCUT2D eigenvalue weighted by molar-refractivity contribution is 14.0. The van der Waals surface area contributed by atoms with E-state index in [0.717, 1.165) is 56.5 Å². The van der Waals surface area contributed by atoms with Crippen LogP contribution in [0.1, 0.15) is 38.9 Å². The maximum absolute atomic E-state index is 10.5. The van der Waals surface area contributed by atoms with E-state index in [0.29, 0.717) is 6.54 Å². The van der Waals surface area contributed by atoms with Crippen molar-refractivity contribution in [2.75, 3.05) is 59.4 Å². The van der Waals surface area contributed by atoms with Gasteiger partial charge in [-0.3, -0.25) is 4.99 Å². The minimum absolute atomic E-state index is 0. The molecule has 1 aliphatic rings. The number of nitrogens with zero attached hydrogens (tertiary/aromatic N) is 3. The van der Waals surface area contributed by atoms with Crippen LogP contribution in [0.2, 0.25) is 0 Å². The number of likely N-dealkylation sites (N-methyl/N-ethyl adjacent to an activating group) is 1. The minimum Gasteiger partial charge on any atom is -0.491 e. The Morgan fingerprint density at radius 3 is 2.53 bits per heavy atom. The number of aliphatic hydroxyl groups is 1. The second-order valence-corrected chi connectivity index (χ2v) is 7.90. The van der Waals surface area contributed by atoms with Crippen LogP contribution < -0.4 is 15.4 Å². The van der Waals surface area contributed by atoms with E-state index in [1.165, 1.54) is 13.0 Å². The van der Waals surface area contributed by atoms with E-state index in [-0.39, 0.29) is 30.1 Å². The van der Waals surface area contributed by atoms with Crippen LogP contribution in [-0.4, -0.2) is 86.4 Å². The number of ether oxygens (including phenoxy) is 1. The summed E-state index contributed by atoms with van der Waals surface area (Å²) < 4.78 is 5.65. The quantitative estimate of drug-likeness (QED) is 0.257. The summed E-state index contributed by atoms with van der Waals surface area (Å²) in [5.74, 6) is 1.56. The van der Waals surface area contributed by atoms with Gasteiger partial charge in [0.05, 0.1) is 18.8 Å². The van der Waals surface area contributed by atoms with Crippen LogP contribution in [0.25, 0.3) is 0 Å². The van der Waals surface area contributed by atoms with Crippen LogP contribution >= 0.6 is 24.0 Å². The maximum Gasteiger partial charge on any atom is 0.191 e. The molecule has 2 rings (SSSR count). The van der Waals surface area contributed by atoms with Gasteiger partial charge >= 0.3 is 0 Å². The Kier molecular flexibility index (Phi) is 13.3. The highest BCUT2D eigenvalue weighted by atomic mass is 127. The topological polar surface area (TPSA) is 72.4 Å². The largest absolute Gasteiger partial charge is 0.491 e. The van der Waals surface area contributed by atoms with Crippen LogP contribution in [0.4, 0.5) is 0 Å². The average Bonchev–Trinajstić information content (AvgIpc) is 2.90. The molecular weight excluding hydrogens is 493 g/mol. The second-order valence-electron chi connectivity index (χ2n) is 7.90. The lowest BCUT2D eigenvalue weighted by atomic mass is 10.1. The second kappa shape index (κ2) is 14.8. The molecule has 1 atom stereocenters. The number of guanidine groups is 1. The molecule has 8 heteroatoms. The molecule has 7 nitrogen and oxygen atoms in total. The van der Waals surface area contributed by atoms with E-state index in [4.69, 9.17) is 4.74 Å². The van der Waals surface area contributed by atoms with E-state index in [2.05, 4.69) is 32.5 Å². The van der Waals surface area contributed by atoms with Gasteiger partial charge in [-0.25, -0.2) is 0 Å². The fourth-order valence-corrected chi connectivity index (χ4v) is 3.32. The van der Waals surface area contributed by atoms with Crippen molar-refractivity contribution in [3.05, 3.63) is 29.8 Å². The summed E-state index contributed by atoms with van der Waals surface area (Å²) in [4.78, 5) is 9.45. The normalized spacial score (nSPS) is 17.2. The van der Waals surface area contributed by atoms with Gasteiger partial charge < -0.3 is 30.3 Å². The van der Waals surface area contributed by atoms with Crippen LogP contribution in [0.15, 0.2) is 29.3 Å². The molecule has 1 unspecified atom stereocenters. The monoisotopic (exact) mass is 533 g/mol.